The first kappa shape index (κ1) is 9.58. The molecule has 0 fully saturated rings. The van der Waals surface area contributed by atoms with Gasteiger partial charge < -0.3 is 9.84 Å². The van der Waals surface area contributed by atoms with E-state index in [0.717, 1.165) is 0 Å². The van der Waals surface area contributed by atoms with Crippen LogP contribution in [0.15, 0.2) is 23.2 Å². The Morgan fingerprint density at radius 1 is 1.54 bits per heavy atom. The molecular weight excluding hydrogens is 166 g/mol. The minimum Gasteiger partial charge on any atom is -0.504 e. The first-order valence-corrected chi connectivity index (χ1v) is 4.16. The van der Waals surface area contributed by atoms with E-state index in [2.05, 4.69) is 4.99 Å². The van der Waals surface area contributed by atoms with E-state index in [1.807, 2.05) is 13.0 Å². The molecule has 0 heterocycles. The number of para-hydroxylation sites is 1. The van der Waals surface area contributed by atoms with Crippen LogP contribution in [-0.2, 0) is 0 Å². The van der Waals surface area contributed by atoms with Crippen LogP contribution in [0.1, 0.15) is 12.5 Å². The fourth-order valence-corrected chi connectivity index (χ4v) is 1.05. The Labute approximate surface area is 77.7 Å². The fraction of sp³-hybridized carbons (Fsp3) is 0.300. The van der Waals surface area contributed by atoms with Crippen LogP contribution in [0, 0.1) is 0 Å². The Morgan fingerprint density at radius 3 is 2.92 bits per heavy atom. The van der Waals surface area contributed by atoms with Gasteiger partial charge in [0.2, 0.25) is 0 Å². The SMILES string of the molecule is CCOc1cccc(C=NC)c1O. The number of aromatic hydroxyl groups is 1. The van der Waals surface area contributed by atoms with Crippen molar-refractivity contribution in [2.75, 3.05) is 13.7 Å². The number of aliphatic imine (C=N–C) groups is 1. The topological polar surface area (TPSA) is 41.8 Å². The van der Waals surface area contributed by atoms with E-state index in [1.165, 1.54) is 0 Å². The number of benzene rings is 1. The molecule has 1 aromatic rings. The molecule has 1 rings (SSSR count). The second-order valence-electron chi connectivity index (χ2n) is 2.51. The summed E-state index contributed by atoms with van der Waals surface area (Å²) >= 11 is 0. The van der Waals surface area contributed by atoms with Crippen LogP contribution >= 0.6 is 0 Å². The molecule has 0 saturated carbocycles. The summed E-state index contributed by atoms with van der Waals surface area (Å²) in [7, 11) is 1.66. The highest BCUT2D eigenvalue weighted by molar-refractivity contribution is 5.84. The number of hydrogen-bond donors (Lipinski definition) is 1. The molecule has 0 radical (unpaired) electrons. The molecule has 13 heavy (non-hydrogen) atoms. The number of nitrogens with zero attached hydrogens (tertiary/aromatic N) is 1. The van der Waals surface area contributed by atoms with Crippen LogP contribution in [0.2, 0.25) is 0 Å². The zero-order valence-corrected chi connectivity index (χ0v) is 7.82. The fourth-order valence-electron chi connectivity index (χ4n) is 1.05. The van der Waals surface area contributed by atoms with Gasteiger partial charge in [0, 0.05) is 18.8 Å². The lowest BCUT2D eigenvalue weighted by Gasteiger charge is -2.06. The summed E-state index contributed by atoms with van der Waals surface area (Å²) in [6, 6.07) is 5.33. The first-order chi connectivity index (χ1) is 6.29. The molecule has 3 nitrogen and oxygen atoms in total. The molecule has 3 heteroatoms. The molecule has 0 aliphatic rings. The highest BCUT2D eigenvalue weighted by atomic mass is 16.5. The molecule has 0 saturated heterocycles. The zero-order valence-electron chi connectivity index (χ0n) is 7.82. The van der Waals surface area contributed by atoms with Crippen molar-refractivity contribution in [3.05, 3.63) is 23.8 Å². The van der Waals surface area contributed by atoms with E-state index in [9.17, 15) is 5.11 Å². The average Bonchev–Trinajstić information content (AvgIpc) is 2.13. The van der Waals surface area contributed by atoms with Gasteiger partial charge in [0.1, 0.15) is 0 Å². The zero-order chi connectivity index (χ0) is 9.68. The summed E-state index contributed by atoms with van der Waals surface area (Å²) in [6.45, 7) is 2.42. The van der Waals surface area contributed by atoms with Gasteiger partial charge in [-0.3, -0.25) is 4.99 Å². The molecule has 0 amide bonds. The van der Waals surface area contributed by atoms with Gasteiger partial charge >= 0.3 is 0 Å². The van der Waals surface area contributed by atoms with Gasteiger partial charge in [-0.1, -0.05) is 6.07 Å². The number of ether oxygens (including phenoxy) is 1. The van der Waals surface area contributed by atoms with Crippen molar-refractivity contribution in [3.8, 4) is 11.5 Å². The van der Waals surface area contributed by atoms with Crippen LogP contribution in [0.5, 0.6) is 11.5 Å². The minimum atomic E-state index is 0.148. The third kappa shape index (κ3) is 2.21. The number of phenolic OH excluding ortho intramolecular Hbond substituents is 1. The molecule has 0 bridgehead atoms. The molecule has 1 N–H and O–H groups in total. The lowest BCUT2D eigenvalue weighted by atomic mass is 10.2. The third-order valence-electron chi connectivity index (χ3n) is 1.60. The van der Waals surface area contributed by atoms with Gasteiger partial charge in [-0.15, -0.1) is 0 Å². The quantitative estimate of drug-likeness (QED) is 0.719. The third-order valence-corrected chi connectivity index (χ3v) is 1.60. The monoisotopic (exact) mass is 179 g/mol. The Bertz CT molecular complexity index is 308. The maximum Gasteiger partial charge on any atom is 0.166 e. The molecule has 0 atom stereocenters. The number of phenols is 1. The van der Waals surface area contributed by atoms with Crippen LogP contribution in [-0.4, -0.2) is 25.0 Å². The first-order valence-electron chi connectivity index (χ1n) is 4.16. The average molecular weight is 179 g/mol. The molecule has 0 aromatic heterocycles. The Morgan fingerprint density at radius 2 is 2.31 bits per heavy atom. The predicted molar refractivity (Wildman–Crippen MR) is 52.8 cm³/mol. The normalized spacial score (nSPS) is 10.6. The van der Waals surface area contributed by atoms with Crippen LogP contribution in [0.25, 0.3) is 0 Å². The van der Waals surface area contributed by atoms with Crippen molar-refractivity contribution in [1.82, 2.24) is 0 Å². The summed E-state index contributed by atoms with van der Waals surface area (Å²) in [5.74, 6) is 0.648. The molecule has 70 valence electrons. The van der Waals surface area contributed by atoms with E-state index in [1.54, 1.807) is 25.4 Å². The van der Waals surface area contributed by atoms with E-state index >= 15 is 0 Å². The van der Waals surface area contributed by atoms with E-state index in [0.29, 0.717) is 17.9 Å². The second-order valence-corrected chi connectivity index (χ2v) is 2.51. The summed E-state index contributed by atoms with van der Waals surface area (Å²) in [5, 5.41) is 9.63. The molecule has 0 aliphatic heterocycles. The Hall–Kier alpha value is -1.51. The summed E-state index contributed by atoms with van der Waals surface area (Å²) < 4.78 is 5.21. The van der Waals surface area contributed by atoms with E-state index < -0.39 is 0 Å². The van der Waals surface area contributed by atoms with Crippen molar-refractivity contribution in [1.29, 1.82) is 0 Å². The summed E-state index contributed by atoms with van der Waals surface area (Å²) in [4.78, 5) is 3.83. The molecule has 0 aliphatic carbocycles. The van der Waals surface area contributed by atoms with E-state index in [-0.39, 0.29) is 5.75 Å². The number of rotatable bonds is 3. The van der Waals surface area contributed by atoms with Gasteiger partial charge in [0.25, 0.3) is 0 Å². The number of hydrogen-bond acceptors (Lipinski definition) is 3. The summed E-state index contributed by atoms with van der Waals surface area (Å²) in [5.41, 5.74) is 0.674. The standard InChI is InChI=1S/C10H13NO2/c1-3-13-9-6-4-5-8(7-11-2)10(9)12/h4-7,12H,3H2,1-2H3. The van der Waals surface area contributed by atoms with E-state index in [4.69, 9.17) is 4.74 Å². The molecule has 0 spiro atoms. The smallest absolute Gasteiger partial charge is 0.166 e. The van der Waals surface area contributed by atoms with Crippen molar-refractivity contribution in [2.24, 2.45) is 4.99 Å². The molecule has 1 aromatic carbocycles. The Balaban J connectivity index is 3.03. The van der Waals surface area contributed by atoms with Crippen LogP contribution in [0.4, 0.5) is 0 Å². The maximum absolute atomic E-state index is 9.63. The highest BCUT2D eigenvalue weighted by Crippen LogP contribution is 2.28. The molecular formula is C10H13NO2. The van der Waals surface area contributed by atoms with Gasteiger partial charge in [-0.2, -0.15) is 0 Å². The van der Waals surface area contributed by atoms with Crippen LogP contribution in [0.3, 0.4) is 0 Å². The van der Waals surface area contributed by atoms with Crippen molar-refractivity contribution >= 4 is 6.21 Å². The predicted octanol–water partition coefficient (Wildman–Crippen LogP) is 1.84. The highest BCUT2D eigenvalue weighted by Gasteiger charge is 2.04. The van der Waals surface area contributed by atoms with Gasteiger partial charge in [0.15, 0.2) is 11.5 Å². The minimum absolute atomic E-state index is 0.148. The Kier molecular flexibility index (Phi) is 3.31. The lowest BCUT2D eigenvalue weighted by Crippen LogP contribution is -1.93. The summed E-state index contributed by atoms with van der Waals surface area (Å²) in [6.07, 6.45) is 1.60. The van der Waals surface area contributed by atoms with Gasteiger partial charge in [0.05, 0.1) is 6.61 Å². The largest absolute Gasteiger partial charge is 0.504 e. The van der Waals surface area contributed by atoms with Crippen LogP contribution < -0.4 is 4.74 Å². The van der Waals surface area contributed by atoms with Crippen molar-refractivity contribution in [2.45, 2.75) is 6.92 Å². The van der Waals surface area contributed by atoms with Crippen molar-refractivity contribution < 1.29 is 9.84 Å². The molecule has 0 unspecified atom stereocenters. The lowest BCUT2D eigenvalue weighted by molar-refractivity contribution is 0.318. The maximum atomic E-state index is 9.63. The second kappa shape index (κ2) is 4.50. The van der Waals surface area contributed by atoms with Crippen molar-refractivity contribution in [3.63, 3.8) is 0 Å². The van der Waals surface area contributed by atoms with Gasteiger partial charge in [-0.25, -0.2) is 0 Å². The van der Waals surface area contributed by atoms with Gasteiger partial charge in [-0.05, 0) is 19.1 Å².